The van der Waals surface area contributed by atoms with Crippen LogP contribution in [0.3, 0.4) is 0 Å². The Kier molecular flexibility index (Phi) is 5.97. The first-order chi connectivity index (χ1) is 10.6. The van der Waals surface area contributed by atoms with Gasteiger partial charge in [-0.3, -0.25) is 9.69 Å². The first-order valence-electron chi connectivity index (χ1n) is 7.14. The number of carbonyl (C=O) groups excluding carboxylic acids is 2. The average molecular weight is 327 g/mol. The first kappa shape index (κ1) is 16.5. The Balaban J connectivity index is 1.77. The fourth-order valence-corrected chi connectivity index (χ4v) is 2.34. The van der Waals surface area contributed by atoms with Crippen molar-refractivity contribution in [2.45, 2.75) is 6.92 Å². The van der Waals surface area contributed by atoms with Crippen LogP contribution >= 0.6 is 11.6 Å². The Hall–Kier alpha value is -1.86. The summed E-state index contributed by atoms with van der Waals surface area (Å²) in [6, 6.07) is 3.41. The SMILES string of the molecule is CCOC(=O)N1CCN(CC(=O)Nc2cccnc2Cl)CC1. The molecular weight excluding hydrogens is 308 g/mol. The number of carbonyl (C=O) groups is 2. The molecule has 1 aromatic heterocycles. The quantitative estimate of drug-likeness (QED) is 0.848. The van der Waals surface area contributed by atoms with E-state index in [-0.39, 0.29) is 23.7 Å². The van der Waals surface area contributed by atoms with Gasteiger partial charge in [0.1, 0.15) is 0 Å². The lowest BCUT2D eigenvalue weighted by atomic mass is 10.3. The highest BCUT2D eigenvalue weighted by Crippen LogP contribution is 2.17. The lowest BCUT2D eigenvalue weighted by molar-refractivity contribution is -0.117. The summed E-state index contributed by atoms with van der Waals surface area (Å²) in [6.07, 6.45) is 1.26. The highest BCUT2D eigenvalue weighted by atomic mass is 35.5. The van der Waals surface area contributed by atoms with Gasteiger partial charge in [-0.2, -0.15) is 0 Å². The van der Waals surface area contributed by atoms with Gasteiger partial charge in [-0.1, -0.05) is 11.6 Å². The minimum atomic E-state index is -0.297. The van der Waals surface area contributed by atoms with Crippen molar-refractivity contribution in [2.24, 2.45) is 0 Å². The van der Waals surface area contributed by atoms with E-state index < -0.39 is 0 Å². The maximum Gasteiger partial charge on any atom is 0.409 e. The van der Waals surface area contributed by atoms with Crippen LogP contribution in [0.15, 0.2) is 18.3 Å². The molecule has 1 fully saturated rings. The number of piperazine rings is 1. The molecule has 8 heteroatoms. The summed E-state index contributed by atoms with van der Waals surface area (Å²) in [5.74, 6) is -0.153. The molecule has 0 radical (unpaired) electrons. The average Bonchev–Trinajstić information content (AvgIpc) is 2.50. The Morgan fingerprint density at radius 1 is 1.36 bits per heavy atom. The maximum absolute atomic E-state index is 12.0. The maximum atomic E-state index is 12.0. The van der Waals surface area contributed by atoms with E-state index in [1.54, 1.807) is 30.2 Å². The second-order valence-electron chi connectivity index (χ2n) is 4.85. The number of hydrogen-bond acceptors (Lipinski definition) is 5. The zero-order valence-corrected chi connectivity index (χ0v) is 13.2. The third-order valence-corrected chi connectivity index (χ3v) is 3.60. The Labute approximate surface area is 134 Å². The van der Waals surface area contributed by atoms with Crippen LogP contribution in [0.4, 0.5) is 10.5 Å². The number of nitrogens with zero attached hydrogens (tertiary/aromatic N) is 3. The molecule has 7 nitrogen and oxygen atoms in total. The zero-order valence-electron chi connectivity index (χ0n) is 12.4. The third kappa shape index (κ3) is 4.57. The van der Waals surface area contributed by atoms with Gasteiger partial charge in [0.15, 0.2) is 5.15 Å². The van der Waals surface area contributed by atoms with E-state index in [4.69, 9.17) is 16.3 Å². The number of halogens is 1. The van der Waals surface area contributed by atoms with Gasteiger partial charge in [-0.05, 0) is 19.1 Å². The van der Waals surface area contributed by atoms with Crippen LogP contribution in [0, 0.1) is 0 Å². The molecule has 22 heavy (non-hydrogen) atoms. The van der Waals surface area contributed by atoms with Crippen molar-refractivity contribution in [3.8, 4) is 0 Å². The van der Waals surface area contributed by atoms with Gasteiger partial charge in [0.05, 0.1) is 18.8 Å². The van der Waals surface area contributed by atoms with Crippen LogP contribution in [0.25, 0.3) is 0 Å². The number of rotatable bonds is 4. The summed E-state index contributed by atoms with van der Waals surface area (Å²) < 4.78 is 4.96. The van der Waals surface area contributed by atoms with Gasteiger partial charge in [0.2, 0.25) is 5.91 Å². The van der Waals surface area contributed by atoms with Gasteiger partial charge in [-0.15, -0.1) is 0 Å². The van der Waals surface area contributed by atoms with Gasteiger partial charge in [-0.25, -0.2) is 9.78 Å². The Bertz CT molecular complexity index is 533. The summed E-state index contributed by atoms with van der Waals surface area (Å²) in [6.45, 7) is 4.77. The highest BCUT2D eigenvalue weighted by Gasteiger charge is 2.23. The van der Waals surface area contributed by atoms with E-state index in [1.807, 2.05) is 4.90 Å². The smallest absolute Gasteiger partial charge is 0.409 e. The summed E-state index contributed by atoms with van der Waals surface area (Å²) in [5, 5.41) is 3.00. The van der Waals surface area contributed by atoms with E-state index in [2.05, 4.69) is 10.3 Å². The van der Waals surface area contributed by atoms with Crippen LogP contribution in [0.1, 0.15) is 6.92 Å². The normalized spacial score (nSPS) is 15.5. The van der Waals surface area contributed by atoms with E-state index >= 15 is 0 Å². The number of aromatic nitrogens is 1. The van der Waals surface area contributed by atoms with Crippen molar-refractivity contribution in [1.29, 1.82) is 0 Å². The molecule has 2 heterocycles. The first-order valence-corrected chi connectivity index (χ1v) is 7.52. The van der Waals surface area contributed by atoms with Crippen molar-refractivity contribution in [2.75, 3.05) is 44.6 Å². The second kappa shape index (κ2) is 7.95. The largest absolute Gasteiger partial charge is 0.450 e. The fraction of sp³-hybridized carbons (Fsp3) is 0.500. The molecule has 0 aliphatic carbocycles. The summed E-state index contributed by atoms with van der Waals surface area (Å²) in [4.78, 5) is 31.1. The predicted molar refractivity (Wildman–Crippen MR) is 82.9 cm³/mol. The van der Waals surface area contributed by atoms with Crippen molar-refractivity contribution >= 4 is 29.3 Å². The van der Waals surface area contributed by atoms with Crippen molar-refractivity contribution in [1.82, 2.24) is 14.8 Å². The van der Waals surface area contributed by atoms with Crippen molar-refractivity contribution in [3.63, 3.8) is 0 Å². The highest BCUT2D eigenvalue weighted by molar-refractivity contribution is 6.32. The standard InChI is InChI=1S/C14H19ClN4O3/c1-2-22-14(21)19-8-6-18(7-9-19)10-12(20)17-11-4-3-5-16-13(11)15/h3-5H,2,6-10H2,1H3,(H,17,20). The van der Waals surface area contributed by atoms with E-state index in [9.17, 15) is 9.59 Å². The zero-order chi connectivity index (χ0) is 15.9. The van der Waals surface area contributed by atoms with E-state index in [0.29, 0.717) is 38.5 Å². The Morgan fingerprint density at radius 3 is 2.73 bits per heavy atom. The van der Waals surface area contributed by atoms with Crippen molar-refractivity contribution in [3.05, 3.63) is 23.5 Å². The summed E-state index contributed by atoms with van der Waals surface area (Å²) >= 11 is 5.90. The molecule has 1 aliphatic rings. The summed E-state index contributed by atoms with van der Waals surface area (Å²) in [5.41, 5.74) is 0.499. The molecule has 0 atom stereocenters. The minimum Gasteiger partial charge on any atom is -0.450 e. The molecule has 1 saturated heterocycles. The number of anilines is 1. The van der Waals surface area contributed by atoms with Gasteiger partial charge in [0, 0.05) is 32.4 Å². The lowest BCUT2D eigenvalue weighted by Crippen LogP contribution is -2.50. The topological polar surface area (TPSA) is 74.8 Å². The van der Waals surface area contributed by atoms with Crippen LogP contribution in [0.2, 0.25) is 5.15 Å². The monoisotopic (exact) mass is 326 g/mol. The number of hydrogen-bond donors (Lipinski definition) is 1. The van der Waals surface area contributed by atoms with Gasteiger partial charge >= 0.3 is 6.09 Å². The molecule has 1 aromatic rings. The number of nitrogens with one attached hydrogen (secondary N) is 1. The van der Waals surface area contributed by atoms with Crippen molar-refractivity contribution < 1.29 is 14.3 Å². The third-order valence-electron chi connectivity index (χ3n) is 3.30. The molecular formula is C14H19ClN4O3. The molecule has 2 amide bonds. The predicted octanol–water partition coefficient (Wildman–Crippen LogP) is 1.45. The fourth-order valence-electron chi connectivity index (χ4n) is 2.18. The van der Waals surface area contributed by atoms with E-state index in [0.717, 1.165) is 0 Å². The molecule has 120 valence electrons. The minimum absolute atomic E-state index is 0.153. The van der Waals surface area contributed by atoms with Gasteiger partial charge < -0.3 is 15.0 Å². The molecule has 0 spiro atoms. The summed E-state index contributed by atoms with van der Waals surface area (Å²) in [7, 11) is 0. The molecule has 0 unspecified atom stereocenters. The van der Waals surface area contributed by atoms with Crippen LogP contribution < -0.4 is 5.32 Å². The molecule has 1 aliphatic heterocycles. The van der Waals surface area contributed by atoms with Crippen LogP contribution in [0.5, 0.6) is 0 Å². The molecule has 1 N–H and O–H groups in total. The lowest BCUT2D eigenvalue weighted by Gasteiger charge is -2.33. The van der Waals surface area contributed by atoms with E-state index in [1.165, 1.54) is 0 Å². The molecule has 0 bridgehead atoms. The van der Waals surface area contributed by atoms with Gasteiger partial charge in [0.25, 0.3) is 0 Å². The molecule has 2 rings (SSSR count). The number of pyridine rings is 1. The number of amides is 2. The molecule has 0 aromatic carbocycles. The van der Waals surface area contributed by atoms with Crippen LogP contribution in [-0.4, -0.2) is 66.1 Å². The number of ether oxygens (including phenoxy) is 1. The second-order valence-corrected chi connectivity index (χ2v) is 5.21. The van der Waals surface area contributed by atoms with Crippen LogP contribution in [-0.2, 0) is 9.53 Å². The molecule has 0 saturated carbocycles. The Morgan fingerprint density at radius 2 is 2.09 bits per heavy atom.